The molecule has 0 spiro atoms. The molecule has 0 radical (unpaired) electrons. The van der Waals surface area contributed by atoms with E-state index < -0.39 is 0 Å². The lowest BCUT2D eigenvalue weighted by molar-refractivity contribution is -0.140. The second-order valence-corrected chi connectivity index (χ2v) is 6.16. The number of aryl methyl sites for hydroxylation is 1. The SMILES string of the molecule is Cc1ccc(N2CC[C@H]3C[C@H](C(=O)N(C)C)O[C@@H]3C2)nn1. The Hall–Kier alpha value is -1.69. The Balaban J connectivity index is 1.66. The van der Waals surface area contributed by atoms with Gasteiger partial charge in [0.1, 0.15) is 6.10 Å². The monoisotopic (exact) mass is 290 g/mol. The van der Waals surface area contributed by atoms with Crippen molar-refractivity contribution in [3.8, 4) is 0 Å². The number of hydrogen-bond donors (Lipinski definition) is 0. The van der Waals surface area contributed by atoms with Gasteiger partial charge in [0.25, 0.3) is 5.91 Å². The summed E-state index contributed by atoms with van der Waals surface area (Å²) >= 11 is 0. The molecular formula is C15H22N4O2. The molecule has 2 fully saturated rings. The lowest BCUT2D eigenvalue weighted by atomic mass is 9.91. The molecule has 6 heteroatoms. The first-order valence-electron chi connectivity index (χ1n) is 7.46. The highest BCUT2D eigenvalue weighted by Gasteiger charge is 2.42. The zero-order valence-electron chi connectivity index (χ0n) is 12.8. The van der Waals surface area contributed by atoms with Crippen LogP contribution in [0, 0.1) is 12.8 Å². The highest BCUT2D eigenvalue weighted by molar-refractivity contribution is 5.80. The average Bonchev–Trinajstić information content (AvgIpc) is 2.89. The number of carbonyl (C=O) groups is 1. The van der Waals surface area contributed by atoms with Crippen LogP contribution in [0.2, 0.25) is 0 Å². The van der Waals surface area contributed by atoms with Gasteiger partial charge in [0.05, 0.1) is 11.8 Å². The topological polar surface area (TPSA) is 58.6 Å². The molecule has 1 aromatic heterocycles. The number of amides is 1. The summed E-state index contributed by atoms with van der Waals surface area (Å²) in [7, 11) is 3.56. The van der Waals surface area contributed by atoms with E-state index in [9.17, 15) is 4.79 Å². The van der Waals surface area contributed by atoms with E-state index in [1.807, 2.05) is 19.1 Å². The van der Waals surface area contributed by atoms with Crippen LogP contribution in [0.25, 0.3) is 0 Å². The summed E-state index contributed by atoms with van der Waals surface area (Å²) in [5.74, 6) is 1.45. The van der Waals surface area contributed by atoms with Crippen molar-refractivity contribution in [2.24, 2.45) is 5.92 Å². The summed E-state index contributed by atoms with van der Waals surface area (Å²) in [5.41, 5.74) is 0.919. The predicted octanol–water partition coefficient (Wildman–Crippen LogP) is 0.857. The van der Waals surface area contributed by atoms with Crippen molar-refractivity contribution in [1.29, 1.82) is 0 Å². The van der Waals surface area contributed by atoms with Crippen molar-refractivity contribution >= 4 is 11.7 Å². The highest BCUT2D eigenvalue weighted by atomic mass is 16.5. The van der Waals surface area contributed by atoms with Crippen molar-refractivity contribution < 1.29 is 9.53 Å². The molecule has 1 aromatic rings. The molecule has 2 aliphatic rings. The second-order valence-electron chi connectivity index (χ2n) is 6.16. The van der Waals surface area contributed by atoms with Crippen molar-refractivity contribution in [1.82, 2.24) is 15.1 Å². The molecule has 3 rings (SSSR count). The Morgan fingerprint density at radius 3 is 2.86 bits per heavy atom. The number of aromatic nitrogens is 2. The molecule has 3 heterocycles. The maximum Gasteiger partial charge on any atom is 0.251 e. The minimum absolute atomic E-state index is 0.0751. The van der Waals surface area contributed by atoms with E-state index in [0.29, 0.717) is 5.92 Å². The fourth-order valence-corrected chi connectivity index (χ4v) is 3.15. The summed E-state index contributed by atoms with van der Waals surface area (Å²) in [6.45, 7) is 3.67. The fraction of sp³-hybridized carbons (Fsp3) is 0.667. The van der Waals surface area contributed by atoms with Crippen molar-refractivity contribution in [3.05, 3.63) is 17.8 Å². The van der Waals surface area contributed by atoms with E-state index in [2.05, 4.69) is 15.1 Å². The number of anilines is 1. The van der Waals surface area contributed by atoms with Gasteiger partial charge in [-0.15, -0.1) is 5.10 Å². The van der Waals surface area contributed by atoms with Gasteiger partial charge in [0.15, 0.2) is 5.82 Å². The third-order valence-corrected chi connectivity index (χ3v) is 4.38. The van der Waals surface area contributed by atoms with Crippen LogP contribution in [0.5, 0.6) is 0 Å². The molecule has 1 amide bonds. The zero-order chi connectivity index (χ0) is 15.0. The molecular weight excluding hydrogens is 268 g/mol. The molecule has 0 bridgehead atoms. The normalized spacial score (nSPS) is 28.3. The van der Waals surface area contributed by atoms with E-state index >= 15 is 0 Å². The Morgan fingerprint density at radius 1 is 1.38 bits per heavy atom. The Kier molecular flexibility index (Phi) is 3.80. The van der Waals surface area contributed by atoms with Gasteiger partial charge in [0.2, 0.25) is 0 Å². The van der Waals surface area contributed by atoms with Gasteiger partial charge in [-0.25, -0.2) is 0 Å². The van der Waals surface area contributed by atoms with E-state index in [0.717, 1.165) is 37.4 Å². The second kappa shape index (κ2) is 5.60. The molecule has 0 saturated carbocycles. The van der Waals surface area contributed by atoms with E-state index in [4.69, 9.17) is 4.74 Å². The molecule has 2 aliphatic heterocycles. The molecule has 114 valence electrons. The van der Waals surface area contributed by atoms with Crippen LogP contribution < -0.4 is 4.90 Å². The van der Waals surface area contributed by atoms with Gasteiger partial charge in [0, 0.05) is 27.2 Å². The summed E-state index contributed by atoms with van der Waals surface area (Å²) in [6.07, 6.45) is 1.72. The van der Waals surface area contributed by atoms with Gasteiger partial charge >= 0.3 is 0 Å². The van der Waals surface area contributed by atoms with Crippen LogP contribution in [0.3, 0.4) is 0 Å². The average molecular weight is 290 g/mol. The lowest BCUT2D eigenvalue weighted by Gasteiger charge is -2.34. The zero-order valence-corrected chi connectivity index (χ0v) is 12.8. The molecule has 0 aromatic carbocycles. The minimum Gasteiger partial charge on any atom is -0.363 e. The summed E-state index contributed by atoms with van der Waals surface area (Å²) in [5, 5.41) is 8.36. The number of likely N-dealkylation sites (N-methyl/N-ethyl adjacent to an activating group) is 1. The van der Waals surface area contributed by atoms with Crippen LogP contribution in [0.1, 0.15) is 18.5 Å². The molecule has 0 unspecified atom stereocenters. The number of piperidine rings is 1. The van der Waals surface area contributed by atoms with Crippen molar-refractivity contribution in [2.45, 2.75) is 32.0 Å². The van der Waals surface area contributed by atoms with Gasteiger partial charge in [-0.3, -0.25) is 4.79 Å². The fourth-order valence-electron chi connectivity index (χ4n) is 3.15. The maximum atomic E-state index is 12.0. The molecule has 2 saturated heterocycles. The van der Waals surface area contributed by atoms with Gasteiger partial charge < -0.3 is 14.5 Å². The number of ether oxygens (including phenoxy) is 1. The van der Waals surface area contributed by atoms with Crippen LogP contribution in [-0.4, -0.2) is 60.4 Å². The van der Waals surface area contributed by atoms with Gasteiger partial charge in [-0.05, 0) is 37.8 Å². The third kappa shape index (κ3) is 2.85. The quantitative estimate of drug-likeness (QED) is 0.808. The first kappa shape index (κ1) is 14.3. The number of fused-ring (bicyclic) bond motifs is 1. The van der Waals surface area contributed by atoms with Crippen LogP contribution in [-0.2, 0) is 9.53 Å². The van der Waals surface area contributed by atoms with Crippen molar-refractivity contribution in [3.63, 3.8) is 0 Å². The van der Waals surface area contributed by atoms with Crippen LogP contribution >= 0.6 is 0 Å². The first-order chi connectivity index (χ1) is 10.0. The number of hydrogen-bond acceptors (Lipinski definition) is 5. The number of rotatable bonds is 2. The van der Waals surface area contributed by atoms with Gasteiger partial charge in [-0.2, -0.15) is 5.10 Å². The van der Waals surface area contributed by atoms with Crippen LogP contribution in [0.15, 0.2) is 12.1 Å². The summed E-state index contributed by atoms with van der Waals surface area (Å²) in [4.78, 5) is 15.9. The summed E-state index contributed by atoms with van der Waals surface area (Å²) in [6, 6.07) is 3.97. The molecule has 21 heavy (non-hydrogen) atoms. The number of carbonyl (C=O) groups excluding carboxylic acids is 1. The predicted molar refractivity (Wildman–Crippen MR) is 79.1 cm³/mol. The third-order valence-electron chi connectivity index (χ3n) is 4.38. The Labute approximate surface area is 125 Å². The largest absolute Gasteiger partial charge is 0.363 e. The minimum atomic E-state index is -0.279. The standard InChI is InChI=1S/C15H22N4O2/c1-10-4-5-14(17-16-10)19-7-6-11-8-12(15(20)18(2)3)21-13(11)9-19/h4-5,11-13H,6-9H2,1-3H3/t11-,12+,13+/m0/s1. The van der Waals surface area contributed by atoms with E-state index in [1.54, 1.807) is 19.0 Å². The molecule has 0 N–H and O–H groups in total. The molecule has 0 aliphatic carbocycles. The molecule has 3 atom stereocenters. The summed E-state index contributed by atoms with van der Waals surface area (Å²) < 4.78 is 5.98. The highest BCUT2D eigenvalue weighted by Crippen LogP contribution is 2.34. The lowest BCUT2D eigenvalue weighted by Crippen LogP contribution is -2.43. The van der Waals surface area contributed by atoms with E-state index in [1.165, 1.54) is 0 Å². The maximum absolute atomic E-state index is 12.0. The van der Waals surface area contributed by atoms with Crippen LogP contribution in [0.4, 0.5) is 5.82 Å². The Bertz CT molecular complexity index is 517. The molecule has 6 nitrogen and oxygen atoms in total. The van der Waals surface area contributed by atoms with Crippen molar-refractivity contribution in [2.75, 3.05) is 32.1 Å². The first-order valence-corrected chi connectivity index (χ1v) is 7.46. The number of nitrogens with zero attached hydrogens (tertiary/aromatic N) is 4. The smallest absolute Gasteiger partial charge is 0.251 e. The van der Waals surface area contributed by atoms with Gasteiger partial charge in [-0.1, -0.05) is 0 Å². The van der Waals surface area contributed by atoms with E-state index in [-0.39, 0.29) is 18.1 Å². The Morgan fingerprint density at radius 2 is 2.19 bits per heavy atom.